The van der Waals surface area contributed by atoms with Gasteiger partial charge in [0.15, 0.2) is 5.09 Å². The Morgan fingerprint density at radius 2 is 2.50 bits per heavy atom. The molecule has 1 N–H and O–H groups in total. The summed E-state index contributed by atoms with van der Waals surface area (Å²) in [5.41, 5.74) is 0.233. The van der Waals surface area contributed by atoms with E-state index in [1.54, 1.807) is 0 Å². The first-order valence-electron chi connectivity index (χ1n) is 2.67. The van der Waals surface area contributed by atoms with E-state index in [4.69, 9.17) is 9.84 Å². The molecule has 0 aromatic carbocycles. The molecule has 4 heteroatoms. The van der Waals surface area contributed by atoms with Crippen LogP contribution in [0.2, 0.25) is 0 Å². The van der Waals surface area contributed by atoms with Gasteiger partial charge >= 0.3 is 5.97 Å². The fourth-order valence-electron chi connectivity index (χ4n) is 0.599. The Hall–Kier alpha value is -0.900. The third-order valence-electron chi connectivity index (χ3n) is 1.06. The van der Waals surface area contributed by atoms with Gasteiger partial charge in [0.05, 0.1) is 5.57 Å². The van der Waals surface area contributed by atoms with Crippen LogP contribution >= 0.6 is 12.6 Å². The molecule has 0 bridgehead atoms. The van der Waals surface area contributed by atoms with Crippen LogP contribution in [0, 0.1) is 0 Å². The van der Waals surface area contributed by atoms with Crippen LogP contribution in [-0.2, 0) is 9.53 Å². The average molecular weight is 158 g/mol. The summed E-state index contributed by atoms with van der Waals surface area (Å²) in [6.45, 7) is 0.289. The van der Waals surface area contributed by atoms with E-state index in [1.165, 1.54) is 12.2 Å². The van der Waals surface area contributed by atoms with Crippen molar-refractivity contribution in [2.24, 2.45) is 0 Å². The number of hydrogen-bond acceptors (Lipinski definition) is 3. The quantitative estimate of drug-likeness (QED) is 0.555. The van der Waals surface area contributed by atoms with Gasteiger partial charge in [-0.25, -0.2) is 4.79 Å². The van der Waals surface area contributed by atoms with Gasteiger partial charge in [0, 0.05) is 6.08 Å². The second-order valence-corrected chi connectivity index (χ2v) is 2.20. The van der Waals surface area contributed by atoms with E-state index >= 15 is 0 Å². The number of carbonyl (C=O) groups is 1. The number of rotatable bonds is 1. The largest absolute Gasteiger partial charge is 0.484 e. The van der Waals surface area contributed by atoms with Crippen molar-refractivity contribution in [1.29, 1.82) is 0 Å². The molecule has 3 nitrogen and oxygen atoms in total. The summed E-state index contributed by atoms with van der Waals surface area (Å²) < 4.78 is 4.84. The number of carboxylic acid groups (broad SMARTS) is 1. The minimum Gasteiger partial charge on any atom is -0.484 e. The highest BCUT2D eigenvalue weighted by atomic mass is 32.1. The van der Waals surface area contributed by atoms with Gasteiger partial charge in [-0.05, 0) is 6.08 Å². The lowest BCUT2D eigenvalue weighted by Gasteiger charge is -2.07. The minimum atomic E-state index is -0.949. The molecule has 0 aromatic heterocycles. The number of thiol groups is 1. The molecule has 1 heterocycles. The van der Waals surface area contributed by atoms with Crippen molar-refractivity contribution < 1.29 is 14.6 Å². The van der Waals surface area contributed by atoms with Crippen LogP contribution in [0.5, 0.6) is 0 Å². The van der Waals surface area contributed by atoms with Gasteiger partial charge < -0.3 is 9.84 Å². The topological polar surface area (TPSA) is 46.5 Å². The van der Waals surface area contributed by atoms with Crippen LogP contribution in [0.4, 0.5) is 0 Å². The first-order valence-corrected chi connectivity index (χ1v) is 3.12. The fourth-order valence-corrected chi connectivity index (χ4v) is 0.813. The molecule has 0 fully saturated rings. The third-order valence-corrected chi connectivity index (χ3v) is 1.32. The molecule has 0 saturated heterocycles. The first kappa shape index (κ1) is 7.21. The maximum atomic E-state index is 10.3. The Labute approximate surface area is 63.4 Å². The van der Waals surface area contributed by atoms with Crippen molar-refractivity contribution >= 4 is 18.6 Å². The SMILES string of the molecule is O=C(O)C1=CCOC(S)=C1. The number of carboxylic acids is 1. The molecule has 1 aliphatic rings. The van der Waals surface area contributed by atoms with Crippen molar-refractivity contribution in [3.63, 3.8) is 0 Å². The smallest absolute Gasteiger partial charge is 0.335 e. The van der Waals surface area contributed by atoms with Crippen molar-refractivity contribution in [2.45, 2.75) is 0 Å². The zero-order valence-corrected chi connectivity index (χ0v) is 5.97. The second-order valence-electron chi connectivity index (χ2n) is 1.76. The lowest BCUT2D eigenvalue weighted by atomic mass is 10.2. The van der Waals surface area contributed by atoms with E-state index in [2.05, 4.69) is 12.6 Å². The van der Waals surface area contributed by atoms with Crippen LogP contribution < -0.4 is 0 Å². The summed E-state index contributed by atoms with van der Waals surface area (Å²) in [4.78, 5) is 10.3. The normalized spacial score (nSPS) is 16.9. The van der Waals surface area contributed by atoms with E-state index < -0.39 is 5.97 Å². The molecule has 0 spiro atoms. The second kappa shape index (κ2) is 2.79. The van der Waals surface area contributed by atoms with Gasteiger partial charge in [0.1, 0.15) is 6.61 Å². The van der Waals surface area contributed by atoms with Crippen LogP contribution in [0.1, 0.15) is 0 Å². The molecular formula is C6H6O3S. The molecule has 1 rings (SSSR count). The molecule has 10 heavy (non-hydrogen) atoms. The summed E-state index contributed by atoms with van der Waals surface area (Å²) in [6.07, 6.45) is 2.86. The standard InChI is InChI=1S/C6H6O3S/c7-6(8)4-1-2-9-5(10)3-4/h1,3,10H,2H2,(H,7,8). The summed E-state index contributed by atoms with van der Waals surface area (Å²) in [5, 5.41) is 8.80. The fraction of sp³-hybridized carbons (Fsp3) is 0.167. The predicted octanol–water partition coefficient (Wildman–Crippen LogP) is 0.799. The molecule has 54 valence electrons. The third kappa shape index (κ3) is 1.54. The van der Waals surface area contributed by atoms with E-state index in [0.29, 0.717) is 5.09 Å². The van der Waals surface area contributed by atoms with Gasteiger partial charge in [-0.2, -0.15) is 0 Å². The van der Waals surface area contributed by atoms with Crippen molar-refractivity contribution in [1.82, 2.24) is 0 Å². The molecule has 0 aromatic rings. The molecule has 0 radical (unpaired) electrons. The van der Waals surface area contributed by atoms with Gasteiger partial charge in [0.2, 0.25) is 0 Å². The predicted molar refractivity (Wildman–Crippen MR) is 38.7 cm³/mol. The van der Waals surface area contributed by atoms with Gasteiger partial charge in [-0.15, -0.1) is 12.6 Å². The number of hydrogen-bond donors (Lipinski definition) is 2. The Kier molecular flexibility index (Phi) is 2.01. The lowest BCUT2D eigenvalue weighted by Crippen LogP contribution is -2.04. The first-order chi connectivity index (χ1) is 4.70. The number of aliphatic carboxylic acids is 1. The molecule has 0 amide bonds. The van der Waals surface area contributed by atoms with Crippen LogP contribution in [0.15, 0.2) is 22.8 Å². The maximum absolute atomic E-state index is 10.3. The Morgan fingerprint density at radius 1 is 1.80 bits per heavy atom. The average Bonchev–Trinajstić information content (AvgIpc) is 1.88. The molecule has 0 saturated carbocycles. The maximum Gasteiger partial charge on any atom is 0.335 e. The van der Waals surface area contributed by atoms with E-state index in [1.807, 2.05) is 0 Å². The highest BCUT2D eigenvalue weighted by molar-refractivity contribution is 7.84. The van der Waals surface area contributed by atoms with Crippen molar-refractivity contribution in [2.75, 3.05) is 6.61 Å². The molecule has 0 aliphatic carbocycles. The van der Waals surface area contributed by atoms with Crippen molar-refractivity contribution in [3.8, 4) is 0 Å². The molecule has 0 unspecified atom stereocenters. The monoisotopic (exact) mass is 158 g/mol. The zero-order valence-electron chi connectivity index (χ0n) is 5.07. The van der Waals surface area contributed by atoms with Gasteiger partial charge in [-0.1, -0.05) is 0 Å². The Balaban J connectivity index is 2.79. The summed E-state index contributed by atoms with van der Waals surface area (Å²) in [5.74, 6) is -0.949. The van der Waals surface area contributed by atoms with Gasteiger partial charge in [0.25, 0.3) is 0 Å². The zero-order chi connectivity index (χ0) is 7.56. The minimum absolute atomic E-state index is 0.233. The summed E-state index contributed by atoms with van der Waals surface area (Å²) >= 11 is 3.85. The van der Waals surface area contributed by atoms with Gasteiger partial charge in [-0.3, -0.25) is 0 Å². The number of ether oxygens (including phenoxy) is 1. The highest BCUT2D eigenvalue weighted by Gasteiger charge is 2.08. The molecular weight excluding hydrogens is 152 g/mol. The summed E-state index contributed by atoms with van der Waals surface area (Å²) in [7, 11) is 0. The molecule has 0 atom stereocenters. The van der Waals surface area contributed by atoms with E-state index in [0.717, 1.165) is 0 Å². The molecule has 1 aliphatic heterocycles. The lowest BCUT2D eigenvalue weighted by molar-refractivity contribution is -0.132. The van der Waals surface area contributed by atoms with Crippen molar-refractivity contribution in [3.05, 3.63) is 22.8 Å². The van der Waals surface area contributed by atoms with E-state index in [-0.39, 0.29) is 12.2 Å². The van der Waals surface area contributed by atoms with Crippen LogP contribution in [0.25, 0.3) is 0 Å². The van der Waals surface area contributed by atoms with E-state index in [9.17, 15) is 4.79 Å². The van der Waals surface area contributed by atoms with Crippen LogP contribution in [0.3, 0.4) is 0 Å². The highest BCUT2D eigenvalue weighted by Crippen LogP contribution is 2.13. The Bertz CT molecular complexity index is 217. The van der Waals surface area contributed by atoms with Crippen LogP contribution in [-0.4, -0.2) is 17.7 Å². The Morgan fingerprint density at radius 3 is 2.90 bits per heavy atom. The summed E-state index contributed by atoms with van der Waals surface area (Å²) in [6, 6.07) is 0.